The van der Waals surface area contributed by atoms with E-state index in [0.717, 1.165) is 75.5 Å². The molecule has 0 saturated heterocycles. The molecule has 6 nitrogen and oxygen atoms in total. The predicted octanol–water partition coefficient (Wildman–Crippen LogP) is 23.4. The summed E-state index contributed by atoms with van der Waals surface area (Å²) >= 11 is 0. The lowest BCUT2D eigenvalue weighted by atomic mass is 9.99. The number of hydrogen-bond donors (Lipinski definition) is 0. The molecule has 0 aromatic rings. The van der Waals surface area contributed by atoms with Gasteiger partial charge in [-0.25, -0.2) is 0 Å². The summed E-state index contributed by atoms with van der Waals surface area (Å²) < 4.78 is 17.0. The maximum atomic E-state index is 12.9. The molecule has 0 rings (SSSR count). The summed E-state index contributed by atoms with van der Waals surface area (Å²) in [5.74, 6) is 1.86. The molecular weight excluding hydrogens is 937 g/mol. The van der Waals surface area contributed by atoms with Crippen molar-refractivity contribution in [2.45, 2.75) is 401 Å². The van der Waals surface area contributed by atoms with Crippen molar-refractivity contribution in [3.8, 4) is 0 Å². The molecule has 0 aromatic heterocycles. The van der Waals surface area contributed by atoms with Crippen molar-refractivity contribution in [2.75, 3.05) is 13.2 Å². The van der Waals surface area contributed by atoms with Crippen LogP contribution in [0.3, 0.4) is 0 Å². The van der Waals surface area contributed by atoms with Gasteiger partial charge in [0.25, 0.3) is 0 Å². The van der Waals surface area contributed by atoms with E-state index >= 15 is 0 Å². The molecule has 0 radical (unpaired) electrons. The fourth-order valence-corrected chi connectivity index (χ4v) is 10.8. The second-order valence-corrected chi connectivity index (χ2v) is 24.9. The largest absolute Gasteiger partial charge is 0.462 e. The smallest absolute Gasteiger partial charge is 0.306 e. The number of unbranched alkanes of at least 4 members (excludes halogenated alkanes) is 43. The summed E-state index contributed by atoms with van der Waals surface area (Å²) in [4.78, 5) is 38.4. The van der Waals surface area contributed by atoms with Crippen molar-refractivity contribution < 1.29 is 28.6 Å². The molecule has 3 unspecified atom stereocenters. The van der Waals surface area contributed by atoms with Crippen molar-refractivity contribution in [2.24, 2.45) is 17.8 Å². The minimum atomic E-state index is -0.765. The van der Waals surface area contributed by atoms with E-state index in [1.54, 1.807) is 0 Å². The Morgan fingerprint density at radius 3 is 0.618 bits per heavy atom. The van der Waals surface area contributed by atoms with Crippen LogP contribution in [0.4, 0.5) is 0 Å². The summed E-state index contributed by atoms with van der Waals surface area (Å²) in [6.45, 7) is 13.9. The molecule has 0 N–H and O–H groups in total. The Balaban J connectivity index is 4.25. The van der Waals surface area contributed by atoms with Gasteiger partial charge in [-0.2, -0.15) is 0 Å². The monoisotopic (exact) mass is 1070 g/mol. The molecule has 6 heteroatoms. The third kappa shape index (κ3) is 58.6. The third-order valence-corrected chi connectivity index (χ3v) is 17.2. The van der Waals surface area contributed by atoms with E-state index < -0.39 is 6.10 Å². The van der Waals surface area contributed by atoms with Crippen LogP contribution in [0.5, 0.6) is 0 Å². The summed E-state index contributed by atoms with van der Waals surface area (Å²) in [5.41, 5.74) is 0. The number of carbonyl (C=O) groups excluding carboxylic acids is 3. The van der Waals surface area contributed by atoms with Crippen LogP contribution in [0.2, 0.25) is 0 Å². The van der Waals surface area contributed by atoms with Crippen molar-refractivity contribution in [3.63, 3.8) is 0 Å². The standard InChI is InChI=1S/C70H136O6/c1-7-64(4)56-50-44-38-32-26-22-18-14-10-12-16-20-24-28-35-41-47-53-59-68(71)74-62-67(63-75-69(72)60-54-48-42-36-31-30-34-40-46-52-58-66(6)9-3)76-70(73)61-55-49-43-37-29-25-21-17-13-11-15-19-23-27-33-39-45-51-57-65(5)8-2/h64-67H,7-63H2,1-6H3/t64?,65?,66?,67-/m1/s1. The Kier molecular flexibility index (Phi) is 59.8. The number of ether oxygens (including phenoxy) is 3. The Bertz CT molecular complexity index is 1190. The summed E-state index contributed by atoms with van der Waals surface area (Å²) in [7, 11) is 0. The highest BCUT2D eigenvalue weighted by molar-refractivity contribution is 5.71. The SMILES string of the molecule is CCC(C)CCCCCCCCCCCCCCCCCCCCC(=O)OC[C@H](COC(=O)CCCCCCCCCCCCC(C)CC)OC(=O)CCCCCCCCCCCCCCCCCCCCC(C)CC. The first kappa shape index (κ1) is 74.4. The van der Waals surface area contributed by atoms with Gasteiger partial charge in [0, 0.05) is 19.3 Å². The Morgan fingerprint density at radius 1 is 0.250 bits per heavy atom. The van der Waals surface area contributed by atoms with E-state index in [1.165, 1.54) is 276 Å². The topological polar surface area (TPSA) is 78.9 Å². The molecule has 0 aromatic carbocycles. The van der Waals surface area contributed by atoms with Gasteiger partial charge in [0.05, 0.1) is 0 Å². The second-order valence-electron chi connectivity index (χ2n) is 24.9. The number of esters is 3. The zero-order chi connectivity index (χ0) is 55.5. The Labute approximate surface area is 476 Å². The van der Waals surface area contributed by atoms with Crippen molar-refractivity contribution in [1.29, 1.82) is 0 Å². The van der Waals surface area contributed by atoms with Gasteiger partial charge in [-0.05, 0) is 37.0 Å². The van der Waals surface area contributed by atoms with Gasteiger partial charge in [-0.3, -0.25) is 14.4 Å². The third-order valence-electron chi connectivity index (χ3n) is 17.2. The molecule has 0 bridgehead atoms. The fraction of sp³-hybridized carbons (Fsp3) is 0.957. The summed E-state index contributed by atoms with van der Waals surface area (Å²) in [6.07, 6.45) is 68.1. The lowest BCUT2D eigenvalue weighted by Gasteiger charge is -2.18. The van der Waals surface area contributed by atoms with Crippen LogP contribution in [-0.4, -0.2) is 37.2 Å². The molecule has 0 aliphatic carbocycles. The highest BCUT2D eigenvalue weighted by Crippen LogP contribution is 2.21. The molecule has 452 valence electrons. The molecule has 0 amide bonds. The van der Waals surface area contributed by atoms with E-state index in [2.05, 4.69) is 41.5 Å². The van der Waals surface area contributed by atoms with Crippen LogP contribution >= 0.6 is 0 Å². The Hall–Kier alpha value is -1.59. The predicted molar refractivity (Wildman–Crippen MR) is 330 cm³/mol. The average molecular weight is 1070 g/mol. The quantitative estimate of drug-likeness (QED) is 0.0343. The molecule has 0 saturated carbocycles. The summed E-state index contributed by atoms with van der Waals surface area (Å²) in [5, 5.41) is 0. The maximum Gasteiger partial charge on any atom is 0.306 e. The molecule has 76 heavy (non-hydrogen) atoms. The maximum absolute atomic E-state index is 12.9. The highest BCUT2D eigenvalue weighted by atomic mass is 16.6. The second kappa shape index (κ2) is 61.0. The lowest BCUT2D eigenvalue weighted by Crippen LogP contribution is -2.30. The van der Waals surface area contributed by atoms with Gasteiger partial charge in [0.1, 0.15) is 13.2 Å². The van der Waals surface area contributed by atoms with Gasteiger partial charge in [-0.1, -0.05) is 356 Å². The van der Waals surface area contributed by atoms with Gasteiger partial charge >= 0.3 is 17.9 Å². The van der Waals surface area contributed by atoms with E-state index in [-0.39, 0.29) is 31.1 Å². The highest BCUT2D eigenvalue weighted by Gasteiger charge is 2.20. The number of rotatable bonds is 63. The molecule has 4 atom stereocenters. The molecular formula is C70H136O6. The minimum absolute atomic E-state index is 0.0622. The number of hydrogen-bond acceptors (Lipinski definition) is 6. The van der Waals surface area contributed by atoms with Gasteiger partial charge in [0.2, 0.25) is 0 Å². The van der Waals surface area contributed by atoms with Crippen molar-refractivity contribution in [1.82, 2.24) is 0 Å². The average Bonchev–Trinajstić information content (AvgIpc) is 3.42. The van der Waals surface area contributed by atoms with E-state index in [4.69, 9.17) is 14.2 Å². The Morgan fingerprint density at radius 2 is 0.421 bits per heavy atom. The van der Waals surface area contributed by atoms with Crippen LogP contribution in [0, 0.1) is 17.8 Å². The van der Waals surface area contributed by atoms with Crippen molar-refractivity contribution in [3.05, 3.63) is 0 Å². The normalized spacial score (nSPS) is 13.2. The van der Waals surface area contributed by atoms with Gasteiger partial charge in [0.15, 0.2) is 6.10 Å². The molecule has 0 heterocycles. The zero-order valence-electron chi connectivity index (χ0n) is 52.6. The van der Waals surface area contributed by atoms with Gasteiger partial charge in [-0.15, -0.1) is 0 Å². The lowest BCUT2D eigenvalue weighted by molar-refractivity contribution is -0.167. The number of carbonyl (C=O) groups is 3. The first-order valence-electron chi connectivity index (χ1n) is 34.7. The van der Waals surface area contributed by atoms with E-state index in [9.17, 15) is 14.4 Å². The minimum Gasteiger partial charge on any atom is -0.462 e. The molecule has 0 fully saturated rings. The van der Waals surface area contributed by atoms with Crippen LogP contribution < -0.4 is 0 Å². The van der Waals surface area contributed by atoms with Crippen LogP contribution in [0.1, 0.15) is 395 Å². The van der Waals surface area contributed by atoms with Crippen LogP contribution in [-0.2, 0) is 28.6 Å². The van der Waals surface area contributed by atoms with Crippen LogP contribution in [0.15, 0.2) is 0 Å². The van der Waals surface area contributed by atoms with E-state index in [1.807, 2.05) is 0 Å². The molecule has 0 spiro atoms. The first-order valence-corrected chi connectivity index (χ1v) is 34.7. The molecule has 0 aliphatic rings. The van der Waals surface area contributed by atoms with Crippen molar-refractivity contribution >= 4 is 17.9 Å². The fourth-order valence-electron chi connectivity index (χ4n) is 10.8. The van der Waals surface area contributed by atoms with Crippen LogP contribution in [0.25, 0.3) is 0 Å². The first-order chi connectivity index (χ1) is 37.2. The zero-order valence-corrected chi connectivity index (χ0v) is 52.6. The summed E-state index contributed by atoms with van der Waals surface area (Å²) in [6, 6.07) is 0. The molecule has 0 aliphatic heterocycles. The van der Waals surface area contributed by atoms with E-state index in [0.29, 0.717) is 19.3 Å². The van der Waals surface area contributed by atoms with Gasteiger partial charge < -0.3 is 14.2 Å².